The van der Waals surface area contributed by atoms with Crippen LogP contribution in [0.4, 0.5) is 8.78 Å². The first-order valence-corrected chi connectivity index (χ1v) is 9.65. The first kappa shape index (κ1) is 25.9. The van der Waals surface area contributed by atoms with Crippen LogP contribution < -0.4 is 64.2 Å². The largest absolute Gasteiger partial charge is 1.00 e. The molecule has 0 fully saturated rings. The first-order valence-electron chi connectivity index (χ1n) is 8.24. The molecule has 31 heavy (non-hydrogen) atoms. The fraction of sp³-hybridized carbons (Fsp3) is 0.0526. The van der Waals surface area contributed by atoms with Crippen molar-refractivity contribution in [3.05, 3.63) is 65.9 Å². The van der Waals surface area contributed by atoms with Crippen molar-refractivity contribution < 1.29 is 86.0 Å². The number of halogens is 2. The third-order valence-corrected chi connectivity index (χ3v) is 5.22. The maximum absolute atomic E-state index is 14.3. The van der Waals surface area contributed by atoms with Gasteiger partial charge in [-0.15, -0.1) is 0 Å². The normalized spacial score (nSPS) is 11.1. The van der Waals surface area contributed by atoms with Crippen LogP contribution in [0, 0.1) is 18.6 Å². The van der Waals surface area contributed by atoms with Crippen LogP contribution in [0.2, 0.25) is 0 Å². The number of fused-ring (bicyclic) bond motifs is 1. The molecule has 7 nitrogen and oxygen atoms in total. The van der Waals surface area contributed by atoms with E-state index in [0.717, 1.165) is 28.8 Å². The van der Waals surface area contributed by atoms with E-state index in [2.05, 4.69) is 10.1 Å². The van der Waals surface area contributed by atoms with Gasteiger partial charge in [0, 0.05) is 17.2 Å². The molecule has 0 bridgehead atoms. The summed E-state index contributed by atoms with van der Waals surface area (Å²) in [6.07, 6.45) is 0. The van der Waals surface area contributed by atoms with Crippen LogP contribution in [0.1, 0.15) is 5.69 Å². The van der Waals surface area contributed by atoms with Crippen molar-refractivity contribution in [1.82, 2.24) is 14.6 Å². The Hall–Kier alpha value is -1.37. The van der Waals surface area contributed by atoms with Gasteiger partial charge in [0.25, 0.3) is 0 Å². The van der Waals surface area contributed by atoms with E-state index in [1.54, 1.807) is 6.92 Å². The van der Waals surface area contributed by atoms with E-state index in [-0.39, 0.29) is 81.6 Å². The Labute approximate surface area is 220 Å². The Morgan fingerprint density at radius 1 is 1.00 bits per heavy atom. The van der Waals surface area contributed by atoms with Gasteiger partial charge in [0.2, 0.25) is 0 Å². The van der Waals surface area contributed by atoms with Gasteiger partial charge in [-0.25, -0.2) is 26.7 Å². The summed E-state index contributed by atoms with van der Waals surface area (Å²) in [5, 5.41) is 16.6. The average molecular weight is 461 g/mol. The van der Waals surface area contributed by atoms with Gasteiger partial charge >= 0.3 is 59.1 Å². The standard InChI is InChI=1S/C19H13F2N3O4S.2Na/c1-10-18(14-7-4-12(20)8-15(14)21)19-22-16(9-17(25)24(19)23-10)11-2-5-13(6-3-11)29(26,27)28;;/h2-9,25H,1H3,(H,26,27,28);;/q;2*+1/p-2. The van der Waals surface area contributed by atoms with Crippen molar-refractivity contribution in [2.45, 2.75) is 11.8 Å². The van der Waals surface area contributed by atoms with E-state index in [1.807, 2.05) is 0 Å². The molecule has 4 aromatic rings. The molecule has 12 heteroatoms. The molecule has 0 unspecified atom stereocenters. The minimum absolute atomic E-state index is 0. The Kier molecular flexibility index (Phi) is 8.05. The Morgan fingerprint density at radius 2 is 1.65 bits per heavy atom. The van der Waals surface area contributed by atoms with Crippen LogP contribution in [0.25, 0.3) is 28.0 Å². The zero-order valence-electron chi connectivity index (χ0n) is 16.8. The van der Waals surface area contributed by atoms with Crippen molar-refractivity contribution in [3.8, 4) is 28.3 Å². The van der Waals surface area contributed by atoms with Gasteiger partial charge in [-0.1, -0.05) is 12.1 Å². The first-order chi connectivity index (χ1) is 13.6. The second-order valence-corrected chi connectivity index (χ2v) is 7.66. The topological polar surface area (TPSA) is 110 Å². The van der Waals surface area contributed by atoms with Crippen LogP contribution in [0.15, 0.2) is 53.4 Å². The van der Waals surface area contributed by atoms with Gasteiger partial charge in [0.15, 0.2) is 5.65 Å². The van der Waals surface area contributed by atoms with E-state index in [4.69, 9.17) is 0 Å². The van der Waals surface area contributed by atoms with Crippen LogP contribution >= 0.6 is 0 Å². The molecule has 0 amide bonds. The van der Waals surface area contributed by atoms with Crippen LogP contribution in [-0.4, -0.2) is 27.6 Å². The van der Waals surface area contributed by atoms with Gasteiger partial charge in [-0.05, 0) is 43.1 Å². The van der Waals surface area contributed by atoms with Crippen molar-refractivity contribution in [3.63, 3.8) is 0 Å². The van der Waals surface area contributed by atoms with Crippen molar-refractivity contribution in [2.24, 2.45) is 0 Å². The fourth-order valence-electron chi connectivity index (χ4n) is 3.04. The Balaban J connectivity index is 0.00000171. The summed E-state index contributed by atoms with van der Waals surface area (Å²) >= 11 is 0. The summed E-state index contributed by atoms with van der Waals surface area (Å²) in [7, 11) is -4.61. The molecule has 2 heterocycles. The van der Waals surface area contributed by atoms with Gasteiger partial charge in [-0.3, -0.25) is 0 Å². The van der Waals surface area contributed by atoms with Crippen LogP contribution in [0.3, 0.4) is 0 Å². The monoisotopic (exact) mass is 461 g/mol. The smallest absolute Gasteiger partial charge is 0.858 e. The summed E-state index contributed by atoms with van der Waals surface area (Å²) in [5.74, 6) is -2.11. The minimum Gasteiger partial charge on any atom is -0.858 e. The molecule has 0 saturated heterocycles. The number of hydrogen-bond acceptors (Lipinski definition) is 6. The maximum atomic E-state index is 14.3. The molecule has 0 spiro atoms. The molecule has 0 aliphatic heterocycles. The van der Waals surface area contributed by atoms with Crippen LogP contribution in [0.5, 0.6) is 5.88 Å². The van der Waals surface area contributed by atoms with Crippen LogP contribution in [-0.2, 0) is 10.1 Å². The quantitative estimate of drug-likeness (QED) is 0.233. The maximum Gasteiger partial charge on any atom is 1.00 e. The molecular weight excluding hydrogens is 450 g/mol. The predicted octanol–water partition coefficient (Wildman–Crippen LogP) is -3.36. The van der Waals surface area contributed by atoms with Crippen molar-refractivity contribution in [2.75, 3.05) is 0 Å². The zero-order valence-corrected chi connectivity index (χ0v) is 21.6. The summed E-state index contributed by atoms with van der Waals surface area (Å²) in [6, 6.07) is 9.13. The second kappa shape index (κ2) is 9.63. The Bertz CT molecular complexity index is 1380. The molecule has 148 valence electrons. The number of aryl methyl sites for hydroxylation is 1. The molecule has 0 atom stereocenters. The molecule has 0 saturated carbocycles. The molecular formula is C19H11F2N3Na2O4S. The third kappa shape index (κ3) is 5.01. The summed E-state index contributed by atoms with van der Waals surface area (Å²) < 4.78 is 61.8. The molecule has 0 aliphatic rings. The number of aromatic nitrogens is 3. The van der Waals surface area contributed by atoms with E-state index < -0.39 is 32.5 Å². The molecule has 2 aromatic carbocycles. The zero-order chi connectivity index (χ0) is 20.9. The predicted molar refractivity (Wildman–Crippen MR) is 95.9 cm³/mol. The number of hydrogen-bond donors (Lipinski definition) is 0. The fourth-order valence-corrected chi connectivity index (χ4v) is 3.51. The Morgan fingerprint density at radius 3 is 2.23 bits per heavy atom. The number of nitrogens with zero attached hydrogens (tertiary/aromatic N) is 3. The molecule has 4 rings (SSSR count). The van der Waals surface area contributed by atoms with Crippen molar-refractivity contribution >= 4 is 15.8 Å². The SMILES string of the molecule is Cc1nn2c([O-])cc(-c3ccc(S(=O)(=O)[O-])cc3)nc2c1-c1ccc(F)cc1F.[Na+].[Na+]. The minimum atomic E-state index is -4.61. The summed E-state index contributed by atoms with van der Waals surface area (Å²) in [6.45, 7) is 1.57. The second-order valence-electron chi connectivity index (χ2n) is 6.28. The van der Waals surface area contributed by atoms with Crippen molar-refractivity contribution in [1.29, 1.82) is 0 Å². The van der Waals surface area contributed by atoms with E-state index >= 15 is 0 Å². The molecule has 0 aliphatic carbocycles. The van der Waals surface area contributed by atoms with Gasteiger partial charge in [0.1, 0.15) is 21.8 Å². The van der Waals surface area contributed by atoms with E-state index in [0.29, 0.717) is 11.3 Å². The third-order valence-electron chi connectivity index (χ3n) is 4.37. The average Bonchev–Trinajstić information content (AvgIpc) is 2.98. The summed E-state index contributed by atoms with van der Waals surface area (Å²) in [5.41, 5.74) is 1.22. The number of benzene rings is 2. The number of rotatable bonds is 3. The van der Waals surface area contributed by atoms with Gasteiger partial charge < -0.3 is 9.66 Å². The van der Waals surface area contributed by atoms with E-state index in [1.165, 1.54) is 24.3 Å². The summed E-state index contributed by atoms with van der Waals surface area (Å²) in [4.78, 5) is 3.95. The van der Waals surface area contributed by atoms with E-state index in [9.17, 15) is 26.9 Å². The molecule has 2 aromatic heterocycles. The molecule has 0 radical (unpaired) electrons. The molecule has 0 N–H and O–H groups in total. The van der Waals surface area contributed by atoms with Gasteiger partial charge in [-0.2, -0.15) is 5.10 Å². The van der Waals surface area contributed by atoms with Gasteiger partial charge in [0.05, 0.1) is 21.8 Å².